The van der Waals surface area contributed by atoms with Crippen molar-refractivity contribution in [3.05, 3.63) is 36.0 Å². The number of aryl methyl sites for hydroxylation is 1. The SMILES string of the molecule is CC.CC.Cc1ccc2nnccc2c1. The van der Waals surface area contributed by atoms with Crippen LogP contribution in [0, 0.1) is 6.92 Å². The Hall–Kier alpha value is -1.44. The van der Waals surface area contributed by atoms with Crippen LogP contribution in [0.25, 0.3) is 10.9 Å². The van der Waals surface area contributed by atoms with Gasteiger partial charge in [-0.1, -0.05) is 39.3 Å². The van der Waals surface area contributed by atoms with Gasteiger partial charge in [0, 0.05) is 5.39 Å². The second kappa shape index (κ2) is 7.92. The van der Waals surface area contributed by atoms with E-state index in [2.05, 4.69) is 23.2 Å². The fourth-order valence-corrected chi connectivity index (χ4v) is 1.11. The van der Waals surface area contributed by atoms with Gasteiger partial charge in [-0.3, -0.25) is 0 Å². The first-order chi connectivity index (χ1) is 7.36. The number of hydrogen-bond donors (Lipinski definition) is 0. The van der Waals surface area contributed by atoms with Crippen molar-refractivity contribution in [2.24, 2.45) is 0 Å². The molecule has 0 radical (unpaired) electrons. The van der Waals surface area contributed by atoms with E-state index in [9.17, 15) is 0 Å². The predicted octanol–water partition coefficient (Wildman–Crippen LogP) is 3.99. The molecule has 2 nitrogen and oxygen atoms in total. The van der Waals surface area contributed by atoms with Gasteiger partial charge in [-0.2, -0.15) is 10.2 Å². The molecule has 15 heavy (non-hydrogen) atoms. The van der Waals surface area contributed by atoms with Gasteiger partial charge in [0.05, 0.1) is 11.7 Å². The first-order valence-electron chi connectivity index (χ1n) is 5.54. The Morgan fingerprint density at radius 2 is 1.60 bits per heavy atom. The van der Waals surface area contributed by atoms with Gasteiger partial charge in [0.1, 0.15) is 0 Å². The van der Waals surface area contributed by atoms with Gasteiger partial charge in [-0.05, 0) is 25.1 Å². The number of nitrogens with zero attached hydrogens (tertiary/aromatic N) is 2. The van der Waals surface area contributed by atoms with Crippen molar-refractivity contribution >= 4 is 10.9 Å². The van der Waals surface area contributed by atoms with Crippen molar-refractivity contribution in [2.45, 2.75) is 34.6 Å². The molecule has 2 heteroatoms. The van der Waals surface area contributed by atoms with E-state index in [0.29, 0.717) is 0 Å². The summed E-state index contributed by atoms with van der Waals surface area (Å²) in [5.41, 5.74) is 2.21. The van der Waals surface area contributed by atoms with Crippen LogP contribution >= 0.6 is 0 Å². The first kappa shape index (κ1) is 13.6. The first-order valence-corrected chi connectivity index (χ1v) is 5.54. The standard InChI is InChI=1S/C9H8N2.2C2H6/c1-7-2-3-9-8(6-7)4-5-10-11-9;2*1-2/h2-6H,1H3;2*1-2H3. The molecular weight excluding hydrogens is 184 g/mol. The second-order valence-electron chi connectivity index (χ2n) is 2.59. The van der Waals surface area contributed by atoms with E-state index in [-0.39, 0.29) is 0 Å². The summed E-state index contributed by atoms with van der Waals surface area (Å²) in [6, 6.07) is 8.09. The molecule has 0 atom stereocenters. The van der Waals surface area contributed by atoms with Gasteiger partial charge in [0.15, 0.2) is 0 Å². The zero-order valence-electron chi connectivity index (χ0n) is 10.3. The predicted molar refractivity (Wildman–Crippen MR) is 67.0 cm³/mol. The molecule has 0 saturated carbocycles. The number of aromatic nitrogens is 2. The zero-order chi connectivity index (χ0) is 11.7. The molecule has 0 fully saturated rings. The lowest BCUT2D eigenvalue weighted by Gasteiger charge is -1.95. The molecule has 1 aromatic carbocycles. The molecule has 0 bridgehead atoms. The Labute approximate surface area is 92.4 Å². The van der Waals surface area contributed by atoms with Gasteiger partial charge < -0.3 is 0 Å². The number of hydrogen-bond acceptors (Lipinski definition) is 2. The fourth-order valence-electron chi connectivity index (χ4n) is 1.11. The maximum Gasteiger partial charge on any atom is 0.0929 e. The monoisotopic (exact) mass is 204 g/mol. The van der Waals surface area contributed by atoms with Gasteiger partial charge in [-0.15, -0.1) is 0 Å². The molecule has 0 spiro atoms. The highest BCUT2D eigenvalue weighted by atomic mass is 15.1. The van der Waals surface area contributed by atoms with Gasteiger partial charge in [-0.25, -0.2) is 0 Å². The summed E-state index contributed by atoms with van der Waals surface area (Å²) in [4.78, 5) is 0. The van der Waals surface area contributed by atoms with Crippen LogP contribution in [0.1, 0.15) is 33.3 Å². The largest absolute Gasteiger partial charge is 0.159 e. The lowest BCUT2D eigenvalue weighted by Crippen LogP contribution is -1.81. The molecule has 0 N–H and O–H groups in total. The van der Waals surface area contributed by atoms with Crippen molar-refractivity contribution in [3.63, 3.8) is 0 Å². The lowest BCUT2D eigenvalue weighted by atomic mass is 10.2. The van der Waals surface area contributed by atoms with Crippen LogP contribution in [0.3, 0.4) is 0 Å². The molecule has 1 heterocycles. The molecule has 0 aliphatic heterocycles. The third kappa shape index (κ3) is 4.07. The van der Waals surface area contributed by atoms with Crippen LogP contribution in [0.2, 0.25) is 0 Å². The summed E-state index contributed by atoms with van der Waals surface area (Å²) in [7, 11) is 0. The Balaban J connectivity index is 0.000000442. The molecule has 82 valence electrons. The van der Waals surface area contributed by atoms with Gasteiger partial charge in [0.2, 0.25) is 0 Å². The van der Waals surface area contributed by atoms with Crippen LogP contribution in [-0.2, 0) is 0 Å². The molecular formula is C13H20N2. The molecule has 0 unspecified atom stereocenters. The highest BCUT2D eigenvalue weighted by Crippen LogP contribution is 2.10. The maximum atomic E-state index is 3.97. The van der Waals surface area contributed by atoms with E-state index >= 15 is 0 Å². The smallest absolute Gasteiger partial charge is 0.0929 e. The molecule has 2 rings (SSSR count). The summed E-state index contributed by atoms with van der Waals surface area (Å²) in [5.74, 6) is 0. The minimum Gasteiger partial charge on any atom is -0.159 e. The van der Waals surface area contributed by atoms with Crippen molar-refractivity contribution < 1.29 is 0 Å². The minimum atomic E-state index is 0.957. The average Bonchev–Trinajstić information content (AvgIpc) is 2.34. The van der Waals surface area contributed by atoms with Crippen LogP contribution in [-0.4, -0.2) is 10.2 Å². The Morgan fingerprint density at radius 1 is 0.933 bits per heavy atom. The van der Waals surface area contributed by atoms with E-state index in [1.807, 2.05) is 45.9 Å². The van der Waals surface area contributed by atoms with E-state index in [0.717, 1.165) is 10.9 Å². The van der Waals surface area contributed by atoms with Crippen molar-refractivity contribution in [2.75, 3.05) is 0 Å². The van der Waals surface area contributed by atoms with E-state index in [1.165, 1.54) is 5.56 Å². The number of fused-ring (bicyclic) bond motifs is 1. The molecule has 0 saturated heterocycles. The third-order valence-corrected chi connectivity index (χ3v) is 1.67. The summed E-state index contributed by atoms with van der Waals surface area (Å²) in [6.07, 6.45) is 1.71. The van der Waals surface area contributed by atoms with Gasteiger partial charge in [0.25, 0.3) is 0 Å². The number of rotatable bonds is 0. The zero-order valence-corrected chi connectivity index (χ0v) is 10.3. The summed E-state index contributed by atoms with van der Waals surface area (Å²) in [6.45, 7) is 10.1. The Bertz CT molecular complexity index is 383. The minimum absolute atomic E-state index is 0.957. The molecule has 0 aliphatic carbocycles. The maximum absolute atomic E-state index is 3.97. The third-order valence-electron chi connectivity index (χ3n) is 1.67. The molecule has 0 amide bonds. The number of benzene rings is 1. The van der Waals surface area contributed by atoms with Crippen LogP contribution in [0.15, 0.2) is 30.5 Å². The summed E-state index contributed by atoms with van der Waals surface area (Å²) >= 11 is 0. The quantitative estimate of drug-likeness (QED) is 0.648. The summed E-state index contributed by atoms with van der Waals surface area (Å²) in [5, 5.41) is 8.92. The van der Waals surface area contributed by atoms with Crippen molar-refractivity contribution in [1.82, 2.24) is 10.2 Å². The molecule has 0 aliphatic rings. The highest BCUT2D eigenvalue weighted by Gasteiger charge is 1.91. The summed E-state index contributed by atoms with van der Waals surface area (Å²) < 4.78 is 0. The van der Waals surface area contributed by atoms with Crippen LogP contribution in [0.5, 0.6) is 0 Å². The molecule has 1 aromatic heterocycles. The average molecular weight is 204 g/mol. The topological polar surface area (TPSA) is 25.8 Å². The van der Waals surface area contributed by atoms with Gasteiger partial charge >= 0.3 is 0 Å². The van der Waals surface area contributed by atoms with Crippen LogP contribution in [0.4, 0.5) is 0 Å². The van der Waals surface area contributed by atoms with Crippen LogP contribution < -0.4 is 0 Å². The van der Waals surface area contributed by atoms with Crippen molar-refractivity contribution in [3.8, 4) is 0 Å². The normalized spacial score (nSPS) is 8.33. The highest BCUT2D eigenvalue weighted by molar-refractivity contribution is 5.78. The Morgan fingerprint density at radius 3 is 2.27 bits per heavy atom. The van der Waals surface area contributed by atoms with E-state index in [1.54, 1.807) is 6.20 Å². The Kier molecular flexibility index (Phi) is 7.16. The van der Waals surface area contributed by atoms with E-state index < -0.39 is 0 Å². The molecule has 2 aromatic rings. The van der Waals surface area contributed by atoms with E-state index in [4.69, 9.17) is 0 Å². The van der Waals surface area contributed by atoms with Crippen molar-refractivity contribution in [1.29, 1.82) is 0 Å². The lowest BCUT2D eigenvalue weighted by molar-refractivity contribution is 1.08. The second-order valence-corrected chi connectivity index (χ2v) is 2.59. The fraction of sp³-hybridized carbons (Fsp3) is 0.385.